The van der Waals surface area contributed by atoms with E-state index in [0.29, 0.717) is 17.1 Å². The summed E-state index contributed by atoms with van der Waals surface area (Å²) in [6, 6.07) is 6.20. The molecule has 2 rings (SSSR count). The molecule has 0 aliphatic carbocycles. The quantitative estimate of drug-likeness (QED) is 0.694. The fraction of sp³-hybridized carbons (Fsp3) is 0.200. The highest BCUT2D eigenvalue weighted by atomic mass is 19.4. The maximum absolute atomic E-state index is 12.6. The van der Waals surface area contributed by atoms with E-state index < -0.39 is 17.6 Å². The number of aryl methyl sites for hydroxylation is 2. The van der Waals surface area contributed by atoms with E-state index in [-0.39, 0.29) is 5.56 Å². The van der Waals surface area contributed by atoms with Crippen molar-refractivity contribution in [3.05, 3.63) is 58.5 Å². The van der Waals surface area contributed by atoms with Gasteiger partial charge >= 0.3 is 6.18 Å². The van der Waals surface area contributed by atoms with Gasteiger partial charge in [-0.1, -0.05) is 12.1 Å². The van der Waals surface area contributed by atoms with Gasteiger partial charge in [-0.25, -0.2) is 5.43 Å². The van der Waals surface area contributed by atoms with Gasteiger partial charge in [-0.2, -0.15) is 18.3 Å². The average Bonchev–Trinajstić information content (AvgIpc) is 2.77. The predicted octanol–water partition coefficient (Wildman–Crippen LogP) is 3.68. The van der Waals surface area contributed by atoms with Crippen LogP contribution in [-0.4, -0.2) is 12.1 Å². The monoisotopic (exact) mass is 310 g/mol. The third-order valence-electron chi connectivity index (χ3n) is 2.88. The van der Waals surface area contributed by atoms with Crippen LogP contribution in [0.2, 0.25) is 0 Å². The molecule has 2 aromatic rings. The molecule has 0 spiro atoms. The van der Waals surface area contributed by atoms with Gasteiger partial charge in [0, 0.05) is 0 Å². The highest BCUT2D eigenvalue weighted by Gasteiger charge is 2.30. The summed E-state index contributed by atoms with van der Waals surface area (Å²) in [5.74, 6) is 0.548. The van der Waals surface area contributed by atoms with Crippen LogP contribution in [0.3, 0.4) is 0 Å². The van der Waals surface area contributed by atoms with Gasteiger partial charge in [-0.3, -0.25) is 4.79 Å². The molecule has 4 nitrogen and oxygen atoms in total. The van der Waals surface area contributed by atoms with Gasteiger partial charge < -0.3 is 4.42 Å². The molecule has 1 aromatic heterocycles. The zero-order valence-corrected chi connectivity index (χ0v) is 11.9. The zero-order chi connectivity index (χ0) is 16.3. The number of hydrogen-bond acceptors (Lipinski definition) is 3. The normalized spacial score (nSPS) is 11.9. The summed E-state index contributed by atoms with van der Waals surface area (Å²) in [5, 5.41) is 3.66. The largest absolute Gasteiger partial charge is 0.466 e. The Morgan fingerprint density at radius 1 is 1.27 bits per heavy atom. The first kappa shape index (κ1) is 15.8. The Hall–Kier alpha value is -2.57. The van der Waals surface area contributed by atoms with Gasteiger partial charge in [0.25, 0.3) is 5.91 Å². The van der Waals surface area contributed by atoms with Gasteiger partial charge in [0.05, 0.1) is 17.3 Å². The number of amides is 1. The molecule has 0 atom stereocenters. The van der Waals surface area contributed by atoms with E-state index in [2.05, 4.69) is 10.5 Å². The number of halogens is 3. The smallest absolute Gasteiger partial charge is 0.416 e. The number of nitrogens with one attached hydrogen (secondary N) is 1. The summed E-state index contributed by atoms with van der Waals surface area (Å²) >= 11 is 0. The molecule has 1 heterocycles. The lowest BCUT2D eigenvalue weighted by Gasteiger charge is -2.06. The second-order valence-corrected chi connectivity index (χ2v) is 4.65. The second-order valence-electron chi connectivity index (χ2n) is 4.65. The van der Waals surface area contributed by atoms with Crippen molar-refractivity contribution in [3.8, 4) is 0 Å². The Morgan fingerprint density at radius 2 is 2.00 bits per heavy atom. The third kappa shape index (κ3) is 3.75. The first-order chi connectivity index (χ1) is 10.3. The SMILES string of the molecule is Cc1cc(C(=O)N/N=C\c2cccc(C(F)(F)F)c2)c(C)o1. The summed E-state index contributed by atoms with van der Waals surface area (Å²) in [5.41, 5.74) is 2.04. The first-order valence-corrected chi connectivity index (χ1v) is 6.35. The molecule has 0 saturated heterocycles. The summed E-state index contributed by atoms with van der Waals surface area (Å²) in [4.78, 5) is 11.8. The fourth-order valence-corrected chi connectivity index (χ4v) is 1.88. The van der Waals surface area contributed by atoms with Crippen LogP contribution in [0.1, 0.15) is 33.0 Å². The lowest BCUT2D eigenvalue weighted by Crippen LogP contribution is -2.17. The number of rotatable bonds is 3. The molecule has 0 aliphatic rings. The lowest BCUT2D eigenvalue weighted by molar-refractivity contribution is -0.137. The van der Waals surface area contributed by atoms with Crippen LogP contribution in [0.25, 0.3) is 0 Å². The minimum Gasteiger partial charge on any atom is -0.466 e. The standard InChI is InChI=1S/C15H13F3N2O2/c1-9-6-13(10(2)22-9)14(21)20-19-8-11-4-3-5-12(7-11)15(16,17)18/h3-8H,1-2H3,(H,20,21)/b19-8-. The van der Waals surface area contributed by atoms with Crippen molar-refractivity contribution in [1.82, 2.24) is 5.43 Å². The van der Waals surface area contributed by atoms with E-state index in [1.807, 2.05) is 0 Å². The Morgan fingerprint density at radius 3 is 2.59 bits per heavy atom. The van der Waals surface area contributed by atoms with Gasteiger partial charge in [0.2, 0.25) is 0 Å². The number of benzene rings is 1. The molecule has 0 unspecified atom stereocenters. The van der Waals surface area contributed by atoms with Crippen LogP contribution >= 0.6 is 0 Å². The number of hydrogen-bond donors (Lipinski definition) is 1. The molecule has 1 amide bonds. The van der Waals surface area contributed by atoms with Crippen LogP contribution in [0.4, 0.5) is 13.2 Å². The molecule has 0 aliphatic heterocycles. The van der Waals surface area contributed by atoms with Crippen molar-refractivity contribution in [1.29, 1.82) is 0 Å². The third-order valence-corrected chi connectivity index (χ3v) is 2.88. The van der Waals surface area contributed by atoms with Crippen LogP contribution in [0, 0.1) is 13.8 Å². The van der Waals surface area contributed by atoms with Gasteiger partial charge in [0.1, 0.15) is 11.5 Å². The van der Waals surface area contributed by atoms with Crippen molar-refractivity contribution < 1.29 is 22.4 Å². The van der Waals surface area contributed by atoms with E-state index in [1.165, 1.54) is 12.1 Å². The number of carbonyl (C=O) groups is 1. The Bertz CT molecular complexity index is 718. The molecule has 0 radical (unpaired) electrons. The van der Waals surface area contributed by atoms with Crippen molar-refractivity contribution in [2.24, 2.45) is 5.10 Å². The minimum absolute atomic E-state index is 0.232. The Labute approximate surface area is 124 Å². The molecule has 22 heavy (non-hydrogen) atoms. The van der Waals surface area contributed by atoms with E-state index >= 15 is 0 Å². The average molecular weight is 310 g/mol. The zero-order valence-electron chi connectivity index (χ0n) is 11.9. The Balaban J connectivity index is 2.07. The summed E-state index contributed by atoms with van der Waals surface area (Å²) < 4.78 is 42.9. The van der Waals surface area contributed by atoms with E-state index in [9.17, 15) is 18.0 Å². The summed E-state index contributed by atoms with van der Waals surface area (Å²) in [6.45, 7) is 3.34. The van der Waals surface area contributed by atoms with Crippen molar-refractivity contribution in [3.63, 3.8) is 0 Å². The molecule has 0 bridgehead atoms. The summed E-state index contributed by atoms with van der Waals surface area (Å²) in [7, 11) is 0. The van der Waals surface area contributed by atoms with E-state index in [4.69, 9.17) is 4.42 Å². The molecule has 7 heteroatoms. The van der Waals surface area contributed by atoms with Gasteiger partial charge in [-0.15, -0.1) is 0 Å². The molecule has 0 saturated carbocycles. The van der Waals surface area contributed by atoms with Gasteiger partial charge in [0.15, 0.2) is 0 Å². The van der Waals surface area contributed by atoms with Crippen LogP contribution in [0.5, 0.6) is 0 Å². The predicted molar refractivity (Wildman–Crippen MR) is 74.7 cm³/mol. The topological polar surface area (TPSA) is 54.6 Å². The first-order valence-electron chi connectivity index (χ1n) is 6.35. The molecule has 0 fully saturated rings. The van der Waals surface area contributed by atoms with Crippen molar-refractivity contribution in [2.75, 3.05) is 0 Å². The van der Waals surface area contributed by atoms with Crippen molar-refractivity contribution in [2.45, 2.75) is 20.0 Å². The van der Waals surface area contributed by atoms with E-state index in [1.54, 1.807) is 19.9 Å². The number of carbonyl (C=O) groups excluding carboxylic acids is 1. The van der Waals surface area contributed by atoms with Crippen LogP contribution < -0.4 is 5.43 Å². The molecule has 1 N–H and O–H groups in total. The number of hydrazone groups is 1. The van der Waals surface area contributed by atoms with Crippen LogP contribution in [-0.2, 0) is 6.18 Å². The number of furan rings is 1. The molecule has 116 valence electrons. The fourth-order valence-electron chi connectivity index (χ4n) is 1.88. The maximum atomic E-state index is 12.6. The highest BCUT2D eigenvalue weighted by molar-refractivity contribution is 5.95. The molecular weight excluding hydrogens is 297 g/mol. The Kier molecular flexibility index (Phi) is 4.35. The number of alkyl halides is 3. The minimum atomic E-state index is -4.42. The number of nitrogens with zero attached hydrogens (tertiary/aromatic N) is 1. The lowest BCUT2D eigenvalue weighted by atomic mass is 10.1. The molecule has 1 aromatic carbocycles. The van der Waals surface area contributed by atoms with Gasteiger partial charge in [-0.05, 0) is 37.6 Å². The molecular formula is C15H13F3N2O2. The van der Waals surface area contributed by atoms with Crippen molar-refractivity contribution >= 4 is 12.1 Å². The maximum Gasteiger partial charge on any atom is 0.416 e. The van der Waals surface area contributed by atoms with Crippen LogP contribution in [0.15, 0.2) is 39.9 Å². The highest BCUT2D eigenvalue weighted by Crippen LogP contribution is 2.29. The summed E-state index contributed by atoms with van der Waals surface area (Å²) in [6.07, 6.45) is -3.27. The van der Waals surface area contributed by atoms with E-state index in [0.717, 1.165) is 18.3 Å². The second kappa shape index (κ2) is 6.05.